The molecule has 0 aliphatic carbocycles. The summed E-state index contributed by atoms with van der Waals surface area (Å²) < 4.78 is 0. The number of aryl methyl sites for hydroxylation is 1. The van der Waals surface area contributed by atoms with Gasteiger partial charge >= 0.3 is 0 Å². The molecule has 0 unspecified atom stereocenters. The maximum Gasteiger partial charge on any atom is 0.269 e. The first-order chi connectivity index (χ1) is 12.1. The predicted octanol–water partition coefficient (Wildman–Crippen LogP) is 3.13. The minimum absolute atomic E-state index is 0.356. The van der Waals surface area contributed by atoms with Gasteiger partial charge < -0.3 is 0 Å². The van der Waals surface area contributed by atoms with Gasteiger partial charge in [-0.3, -0.25) is 25.4 Å². The van der Waals surface area contributed by atoms with Crippen molar-refractivity contribution in [2.75, 3.05) is 0 Å². The second-order valence-electron chi connectivity index (χ2n) is 5.59. The van der Waals surface area contributed by atoms with Gasteiger partial charge in [0.25, 0.3) is 11.8 Å². The molecule has 2 aromatic carbocycles. The lowest BCUT2D eigenvalue weighted by Gasteiger charge is -2.08. The normalized spacial score (nSPS) is 10.1. The van der Waals surface area contributed by atoms with E-state index in [0.29, 0.717) is 11.1 Å². The number of nitrogens with one attached hydrogen (secondary N) is 2. The predicted molar refractivity (Wildman–Crippen MR) is 95.8 cm³/mol. The zero-order chi connectivity index (χ0) is 17.6. The van der Waals surface area contributed by atoms with E-state index in [1.54, 1.807) is 42.7 Å². The first-order valence-corrected chi connectivity index (χ1v) is 7.81. The summed E-state index contributed by atoms with van der Waals surface area (Å²) in [5, 5.41) is 0. The first kappa shape index (κ1) is 16.4. The number of amides is 2. The third-order valence-electron chi connectivity index (χ3n) is 3.73. The number of nitrogens with zero attached hydrogens (tertiary/aromatic N) is 1. The highest BCUT2D eigenvalue weighted by Gasteiger charge is 2.09. The molecule has 25 heavy (non-hydrogen) atoms. The summed E-state index contributed by atoms with van der Waals surface area (Å²) in [5.41, 5.74) is 8.79. The van der Waals surface area contributed by atoms with Gasteiger partial charge in [-0.2, -0.15) is 0 Å². The molecule has 2 N–H and O–H groups in total. The molecule has 0 saturated carbocycles. The highest BCUT2D eigenvalue weighted by Crippen LogP contribution is 2.18. The van der Waals surface area contributed by atoms with Crippen LogP contribution in [-0.2, 0) is 0 Å². The van der Waals surface area contributed by atoms with Crippen molar-refractivity contribution in [3.8, 4) is 11.1 Å². The molecule has 0 saturated heterocycles. The average Bonchev–Trinajstić information content (AvgIpc) is 2.66. The number of carbonyl (C=O) groups excluding carboxylic acids is 2. The van der Waals surface area contributed by atoms with Gasteiger partial charge in [0.05, 0.1) is 0 Å². The van der Waals surface area contributed by atoms with E-state index in [1.807, 2.05) is 37.3 Å². The Balaban J connectivity index is 1.63. The van der Waals surface area contributed by atoms with E-state index in [9.17, 15) is 9.59 Å². The van der Waals surface area contributed by atoms with Crippen molar-refractivity contribution >= 4 is 11.8 Å². The third-order valence-corrected chi connectivity index (χ3v) is 3.73. The Labute approximate surface area is 145 Å². The molecular formula is C20H17N3O2. The molecule has 124 valence electrons. The van der Waals surface area contributed by atoms with Crippen molar-refractivity contribution < 1.29 is 9.59 Å². The SMILES string of the molecule is Cc1cccc(C(=O)NNC(=O)c2ccc(-c3ccncc3)cc2)c1. The lowest BCUT2D eigenvalue weighted by Crippen LogP contribution is -2.41. The molecule has 0 bridgehead atoms. The summed E-state index contributed by atoms with van der Waals surface area (Å²) >= 11 is 0. The molecule has 5 nitrogen and oxygen atoms in total. The van der Waals surface area contributed by atoms with Crippen LogP contribution in [-0.4, -0.2) is 16.8 Å². The number of benzene rings is 2. The van der Waals surface area contributed by atoms with Gasteiger partial charge in [0.1, 0.15) is 0 Å². The minimum Gasteiger partial charge on any atom is -0.267 e. The van der Waals surface area contributed by atoms with Gasteiger partial charge in [0, 0.05) is 23.5 Å². The van der Waals surface area contributed by atoms with E-state index in [0.717, 1.165) is 16.7 Å². The number of rotatable bonds is 3. The molecule has 0 radical (unpaired) electrons. The third kappa shape index (κ3) is 4.09. The van der Waals surface area contributed by atoms with Crippen molar-refractivity contribution in [1.82, 2.24) is 15.8 Å². The van der Waals surface area contributed by atoms with Gasteiger partial charge in [-0.15, -0.1) is 0 Å². The van der Waals surface area contributed by atoms with Gasteiger partial charge in [0.2, 0.25) is 0 Å². The number of pyridine rings is 1. The number of hydrazine groups is 1. The van der Waals surface area contributed by atoms with E-state index in [4.69, 9.17) is 0 Å². The molecule has 0 fully saturated rings. The van der Waals surface area contributed by atoms with Crippen LogP contribution >= 0.6 is 0 Å². The van der Waals surface area contributed by atoms with Crippen molar-refractivity contribution in [1.29, 1.82) is 0 Å². The highest BCUT2D eigenvalue weighted by atomic mass is 16.2. The Morgan fingerprint density at radius 3 is 2.00 bits per heavy atom. The number of aromatic nitrogens is 1. The molecule has 2 amide bonds. The number of carbonyl (C=O) groups is 2. The van der Waals surface area contributed by atoms with Crippen LogP contribution in [0, 0.1) is 6.92 Å². The molecule has 0 spiro atoms. The Hall–Kier alpha value is -3.47. The van der Waals surface area contributed by atoms with Crippen LogP contribution in [0.2, 0.25) is 0 Å². The number of hydrogen-bond acceptors (Lipinski definition) is 3. The van der Waals surface area contributed by atoms with Gasteiger partial charge in [-0.1, -0.05) is 29.8 Å². The molecule has 0 aliphatic heterocycles. The summed E-state index contributed by atoms with van der Waals surface area (Å²) in [6.45, 7) is 1.90. The summed E-state index contributed by atoms with van der Waals surface area (Å²) in [5.74, 6) is -0.729. The van der Waals surface area contributed by atoms with Crippen LogP contribution in [0.5, 0.6) is 0 Å². The van der Waals surface area contributed by atoms with Crippen LogP contribution < -0.4 is 10.9 Å². The lowest BCUT2D eigenvalue weighted by molar-refractivity contribution is 0.0846. The van der Waals surface area contributed by atoms with Crippen molar-refractivity contribution in [3.63, 3.8) is 0 Å². The zero-order valence-electron chi connectivity index (χ0n) is 13.7. The molecule has 3 aromatic rings. The Morgan fingerprint density at radius 1 is 0.760 bits per heavy atom. The Kier molecular flexibility index (Phi) is 4.85. The standard InChI is InChI=1S/C20H17N3O2/c1-14-3-2-4-18(13-14)20(25)23-22-19(24)17-7-5-15(6-8-17)16-9-11-21-12-10-16/h2-13H,1H3,(H,22,24)(H,23,25). The summed E-state index contributed by atoms with van der Waals surface area (Å²) in [7, 11) is 0. The topological polar surface area (TPSA) is 71.1 Å². The molecule has 0 atom stereocenters. The van der Waals surface area contributed by atoms with Crippen molar-refractivity contribution in [3.05, 3.63) is 89.7 Å². The average molecular weight is 331 g/mol. The fourth-order valence-corrected chi connectivity index (χ4v) is 2.40. The summed E-state index contributed by atoms with van der Waals surface area (Å²) in [6, 6.07) is 18.1. The van der Waals surface area contributed by atoms with E-state index in [2.05, 4.69) is 15.8 Å². The van der Waals surface area contributed by atoms with Crippen LogP contribution in [0.15, 0.2) is 73.1 Å². The van der Waals surface area contributed by atoms with E-state index in [-0.39, 0.29) is 11.8 Å². The monoisotopic (exact) mass is 331 g/mol. The van der Waals surface area contributed by atoms with E-state index < -0.39 is 0 Å². The molecule has 3 rings (SSSR count). The lowest BCUT2D eigenvalue weighted by atomic mass is 10.1. The first-order valence-electron chi connectivity index (χ1n) is 7.81. The molecule has 5 heteroatoms. The summed E-state index contributed by atoms with van der Waals surface area (Å²) in [4.78, 5) is 28.2. The molecule has 1 heterocycles. The smallest absolute Gasteiger partial charge is 0.267 e. The second kappa shape index (κ2) is 7.40. The maximum atomic E-state index is 12.2. The van der Waals surface area contributed by atoms with Gasteiger partial charge in [-0.05, 0) is 54.4 Å². The maximum absolute atomic E-state index is 12.2. The fourth-order valence-electron chi connectivity index (χ4n) is 2.40. The van der Waals surface area contributed by atoms with E-state index in [1.165, 1.54) is 0 Å². The molecule has 1 aromatic heterocycles. The number of hydrogen-bond donors (Lipinski definition) is 2. The van der Waals surface area contributed by atoms with E-state index >= 15 is 0 Å². The Bertz CT molecular complexity index is 890. The minimum atomic E-state index is -0.373. The van der Waals surface area contributed by atoms with Crippen LogP contribution in [0.3, 0.4) is 0 Å². The van der Waals surface area contributed by atoms with Crippen molar-refractivity contribution in [2.24, 2.45) is 0 Å². The van der Waals surface area contributed by atoms with Gasteiger partial charge in [-0.25, -0.2) is 0 Å². The largest absolute Gasteiger partial charge is 0.269 e. The van der Waals surface area contributed by atoms with Gasteiger partial charge in [0.15, 0.2) is 0 Å². The second-order valence-corrected chi connectivity index (χ2v) is 5.59. The summed E-state index contributed by atoms with van der Waals surface area (Å²) in [6.07, 6.45) is 3.44. The quantitative estimate of drug-likeness (QED) is 0.724. The van der Waals surface area contributed by atoms with Crippen LogP contribution in [0.1, 0.15) is 26.3 Å². The fraction of sp³-hybridized carbons (Fsp3) is 0.0500. The molecular weight excluding hydrogens is 314 g/mol. The zero-order valence-corrected chi connectivity index (χ0v) is 13.7. The molecule has 0 aliphatic rings. The van der Waals surface area contributed by atoms with Crippen LogP contribution in [0.25, 0.3) is 11.1 Å². The Morgan fingerprint density at radius 2 is 1.36 bits per heavy atom. The van der Waals surface area contributed by atoms with Crippen molar-refractivity contribution in [2.45, 2.75) is 6.92 Å². The highest BCUT2D eigenvalue weighted by molar-refractivity contribution is 5.99. The van der Waals surface area contributed by atoms with Crippen LogP contribution in [0.4, 0.5) is 0 Å².